The molecule has 2 aliphatic carbocycles. The summed E-state index contributed by atoms with van der Waals surface area (Å²) >= 11 is 0. The Balaban J connectivity index is 1.18. The van der Waals surface area contributed by atoms with Crippen LogP contribution in [0.3, 0.4) is 0 Å². The van der Waals surface area contributed by atoms with E-state index in [2.05, 4.69) is 31.2 Å². The molecule has 0 bridgehead atoms. The lowest BCUT2D eigenvalue weighted by atomic mass is 9.60. The number of unbranched alkanes of at least 4 members (excludes halogenated alkanes) is 2. The van der Waals surface area contributed by atoms with Crippen molar-refractivity contribution in [1.29, 1.82) is 0 Å². The molecule has 0 unspecified atom stereocenters. The number of non-ortho nitro benzene ring substituents is 2. The van der Waals surface area contributed by atoms with E-state index in [4.69, 9.17) is 9.47 Å². The van der Waals surface area contributed by atoms with Crippen LogP contribution in [0, 0.1) is 38.0 Å². The molecular weight excluding hydrogens is 616 g/mol. The summed E-state index contributed by atoms with van der Waals surface area (Å²) < 4.78 is 12.1. The van der Waals surface area contributed by atoms with Crippen molar-refractivity contribution in [2.75, 3.05) is 0 Å². The second-order valence-electron chi connectivity index (χ2n) is 14.0. The third kappa shape index (κ3) is 8.30. The molecule has 4 aromatic rings. The van der Waals surface area contributed by atoms with Crippen LogP contribution < -0.4 is 9.47 Å². The second kappa shape index (κ2) is 15.7. The zero-order chi connectivity index (χ0) is 34.2. The van der Waals surface area contributed by atoms with E-state index >= 15 is 0 Å². The topological polar surface area (TPSA) is 105 Å². The zero-order valence-electron chi connectivity index (χ0n) is 28.3. The number of benzene rings is 4. The van der Waals surface area contributed by atoms with Crippen LogP contribution in [0.2, 0.25) is 0 Å². The highest BCUT2D eigenvalue weighted by molar-refractivity contribution is 5.46. The highest BCUT2D eigenvalue weighted by Gasteiger charge is 2.41. The number of hydrogen-bond acceptors (Lipinski definition) is 6. The average Bonchev–Trinajstić information content (AvgIpc) is 3.13. The van der Waals surface area contributed by atoms with Crippen LogP contribution in [0.4, 0.5) is 11.4 Å². The van der Waals surface area contributed by atoms with Gasteiger partial charge in [-0.2, -0.15) is 0 Å². The highest BCUT2D eigenvalue weighted by atomic mass is 16.6. The molecule has 0 atom stereocenters. The first-order chi connectivity index (χ1) is 23.8. The summed E-state index contributed by atoms with van der Waals surface area (Å²) in [6.45, 7) is 2.29. The molecule has 2 saturated carbocycles. The Morgan fingerprint density at radius 3 is 1.35 bits per heavy atom. The molecule has 0 aromatic heterocycles. The first-order valence-electron chi connectivity index (χ1n) is 17.9. The summed E-state index contributed by atoms with van der Waals surface area (Å²) in [5.74, 6) is 4.99. The van der Waals surface area contributed by atoms with Gasteiger partial charge in [-0.05, 0) is 116 Å². The van der Waals surface area contributed by atoms with Crippen molar-refractivity contribution in [2.45, 2.75) is 89.4 Å². The largest absolute Gasteiger partial charge is 0.457 e. The molecule has 0 radical (unpaired) electrons. The Bertz CT molecular complexity index is 1570. The fourth-order valence-electron chi connectivity index (χ4n) is 8.21. The van der Waals surface area contributed by atoms with Gasteiger partial charge in [-0.15, -0.1) is 0 Å². The molecule has 0 heterocycles. The van der Waals surface area contributed by atoms with Crippen LogP contribution in [-0.2, 0) is 5.41 Å². The molecule has 256 valence electrons. The van der Waals surface area contributed by atoms with Gasteiger partial charge >= 0.3 is 0 Å². The van der Waals surface area contributed by atoms with Crippen LogP contribution in [0.15, 0.2) is 97.1 Å². The molecule has 8 heteroatoms. The van der Waals surface area contributed by atoms with E-state index in [-0.39, 0.29) is 16.8 Å². The maximum absolute atomic E-state index is 11.0. The number of hydrogen-bond donors (Lipinski definition) is 0. The monoisotopic (exact) mass is 662 g/mol. The standard InChI is InChI=1S/C41H46N2O6/c1-2-3-4-5-30-6-8-31(9-7-30)32-26-28-41(29-27-32,33-10-18-37(19-11-33)48-39-22-14-35(15-23-39)42(44)45)34-12-20-38(21-13-34)49-40-24-16-36(17-25-40)43(46)47/h10-25,30-32H,2-9,26-29H2,1H3/t30-,31-. The number of nitro groups is 2. The third-order valence-electron chi connectivity index (χ3n) is 11.0. The smallest absolute Gasteiger partial charge is 0.269 e. The van der Waals surface area contributed by atoms with Crippen molar-refractivity contribution in [3.8, 4) is 23.0 Å². The lowest BCUT2D eigenvalue weighted by molar-refractivity contribution is -0.385. The molecule has 0 N–H and O–H groups in total. The Labute approximate surface area is 288 Å². The van der Waals surface area contributed by atoms with Crippen molar-refractivity contribution in [3.63, 3.8) is 0 Å². The average molecular weight is 663 g/mol. The maximum atomic E-state index is 11.0. The van der Waals surface area contributed by atoms with Gasteiger partial charge in [0, 0.05) is 29.7 Å². The molecule has 8 nitrogen and oxygen atoms in total. The molecule has 0 aliphatic heterocycles. The van der Waals surface area contributed by atoms with Crippen molar-refractivity contribution < 1.29 is 19.3 Å². The minimum Gasteiger partial charge on any atom is -0.457 e. The fraction of sp³-hybridized carbons (Fsp3) is 0.415. The van der Waals surface area contributed by atoms with Crippen molar-refractivity contribution in [3.05, 3.63) is 128 Å². The van der Waals surface area contributed by atoms with Gasteiger partial charge in [0.05, 0.1) is 9.85 Å². The minimum atomic E-state index is -0.416. The Morgan fingerprint density at radius 2 is 0.959 bits per heavy atom. The second-order valence-corrected chi connectivity index (χ2v) is 14.0. The molecule has 4 aromatic carbocycles. The first-order valence-corrected chi connectivity index (χ1v) is 17.9. The molecule has 0 spiro atoms. The number of nitro benzene ring substituents is 2. The van der Waals surface area contributed by atoms with Gasteiger partial charge in [0.1, 0.15) is 23.0 Å². The lowest BCUT2D eigenvalue weighted by Gasteiger charge is -2.44. The van der Waals surface area contributed by atoms with E-state index in [9.17, 15) is 20.2 Å². The van der Waals surface area contributed by atoms with E-state index < -0.39 is 9.85 Å². The van der Waals surface area contributed by atoms with Gasteiger partial charge in [-0.1, -0.05) is 69.7 Å². The summed E-state index contributed by atoms with van der Waals surface area (Å²) in [6.07, 6.45) is 15.5. The molecule has 2 fully saturated rings. The SMILES string of the molecule is CCCCC[C@H]1CC[C@H](C2CCC(c3ccc(Oc4ccc([N+](=O)[O-])cc4)cc3)(c3ccc(Oc4ccc([N+](=O)[O-])cc4)cc3)CC2)CC1. The van der Waals surface area contributed by atoms with E-state index in [1.54, 1.807) is 24.3 Å². The summed E-state index contributed by atoms with van der Waals surface area (Å²) in [6, 6.07) is 28.9. The first kappa shape index (κ1) is 34.2. The van der Waals surface area contributed by atoms with E-state index in [1.807, 2.05) is 24.3 Å². The van der Waals surface area contributed by atoms with Gasteiger partial charge in [-0.3, -0.25) is 20.2 Å². The molecular formula is C41H46N2O6. The Morgan fingerprint density at radius 1 is 0.571 bits per heavy atom. The normalized spacial score (nSPS) is 19.2. The summed E-state index contributed by atoms with van der Waals surface area (Å²) in [7, 11) is 0. The summed E-state index contributed by atoms with van der Waals surface area (Å²) in [5.41, 5.74) is 2.43. The maximum Gasteiger partial charge on any atom is 0.269 e. The third-order valence-corrected chi connectivity index (χ3v) is 11.0. The van der Waals surface area contributed by atoms with Crippen LogP contribution in [0.5, 0.6) is 23.0 Å². The van der Waals surface area contributed by atoms with Gasteiger partial charge in [0.15, 0.2) is 0 Å². The number of nitrogens with zero attached hydrogens (tertiary/aromatic N) is 2. The zero-order valence-corrected chi connectivity index (χ0v) is 28.3. The lowest BCUT2D eigenvalue weighted by Crippen LogP contribution is -2.35. The quantitative estimate of drug-likeness (QED) is 0.0801. The molecule has 0 amide bonds. The molecule has 49 heavy (non-hydrogen) atoms. The minimum absolute atomic E-state index is 0.0319. The number of ether oxygens (including phenoxy) is 2. The van der Waals surface area contributed by atoms with E-state index in [0.29, 0.717) is 23.0 Å². The Kier molecular flexibility index (Phi) is 10.9. The van der Waals surface area contributed by atoms with Crippen LogP contribution >= 0.6 is 0 Å². The van der Waals surface area contributed by atoms with Gasteiger partial charge in [-0.25, -0.2) is 0 Å². The molecule has 0 saturated heterocycles. The Hall–Kier alpha value is -4.72. The molecule has 2 aliphatic rings. The summed E-state index contributed by atoms with van der Waals surface area (Å²) in [5, 5.41) is 22.1. The van der Waals surface area contributed by atoms with Gasteiger partial charge < -0.3 is 9.47 Å². The van der Waals surface area contributed by atoms with Gasteiger partial charge in [0.2, 0.25) is 0 Å². The van der Waals surface area contributed by atoms with Crippen LogP contribution in [0.1, 0.15) is 95.1 Å². The highest BCUT2D eigenvalue weighted by Crippen LogP contribution is 2.51. The van der Waals surface area contributed by atoms with Crippen molar-refractivity contribution in [2.24, 2.45) is 17.8 Å². The van der Waals surface area contributed by atoms with Gasteiger partial charge in [0.25, 0.3) is 11.4 Å². The molecule has 6 rings (SSSR count). The van der Waals surface area contributed by atoms with Crippen molar-refractivity contribution in [1.82, 2.24) is 0 Å². The predicted octanol–water partition coefficient (Wildman–Crippen LogP) is 12.0. The summed E-state index contributed by atoms with van der Waals surface area (Å²) in [4.78, 5) is 21.3. The number of rotatable bonds is 13. The van der Waals surface area contributed by atoms with E-state index in [1.165, 1.54) is 99.6 Å². The van der Waals surface area contributed by atoms with Crippen LogP contribution in [0.25, 0.3) is 0 Å². The van der Waals surface area contributed by atoms with Crippen LogP contribution in [-0.4, -0.2) is 9.85 Å². The fourth-order valence-corrected chi connectivity index (χ4v) is 8.21. The predicted molar refractivity (Wildman–Crippen MR) is 192 cm³/mol. The van der Waals surface area contributed by atoms with E-state index in [0.717, 1.165) is 30.6 Å². The van der Waals surface area contributed by atoms with Crippen molar-refractivity contribution >= 4 is 11.4 Å².